The van der Waals surface area contributed by atoms with Crippen LogP contribution in [-0.4, -0.2) is 11.5 Å². The molecule has 2 nitrogen and oxygen atoms in total. The fraction of sp³-hybridized carbons (Fsp3) is 0.722. The van der Waals surface area contributed by atoms with Gasteiger partial charge in [-0.25, -0.2) is 4.39 Å². The first-order valence-corrected chi connectivity index (χ1v) is 8.58. The molecule has 1 aromatic heterocycles. The largest absolute Gasteiger partial charge is 0.310 e. The predicted molar refractivity (Wildman–Crippen MR) is 81.1 cm³/mol. The molecule has 5 rings (SSSR count). The summed E-state index contributed by atoms with van der Waals surface area (Å²) in [5, 5.41) is 3.65. The summed E-state index contributed by atoms with van der Waals surface area (Å²) in [6, 6.07) is 1.97. The molecule has 1 N–H and O–H groups in total. The van der Waals surface area contributed by atoms with Crippen molar-refractivity contribution in [2.45, 2.75) is 45.1 Å². The first kappa shape index (κ1) is 13.7. The SMILES string of the molecule is CCNC(c1cncc(F)c1)C1C2CC3CC(C2)CC1C3. The Balaban J connectivity index is 1.65. The highest BCUT2D eigenvalue weighted by atomic mass is 19.1. The van der Waals surface area contributed by atoms with Gasteiger partial charge in [0.05, 0.1) is 6.20 Å². The van der Waals surface area contributed by atoms with E-state index in [0.717, 1.165) is 35.8 Å². The van der Waals surface area contributed by atoms with Gasteiger partial charge in [-0.05, 0) is 79.9 Å². The van der Waals surface area contributed by atoms with E-state index in [-0.39, 0.29) is 11.9 Å². The second kappa shape index (κ2) is 5.35. The van der Waals surface area contributed by atoms with Gasteiger partial charge in [0.15, 0.2) is 0 Å². The van der Waals surface area contributed by atoms with Crippen molar-refractivity contribution in [1.29, 1.82) is 0 Å². The molecule has 1 aromatic rings. The number of hydrogen-bond acceptors (Lipinski definition) is 2. The number of hydrogen-bond donors (Lipinski definition) is 1. The molecule has 21 heavy (non-hydrogen) atoms. The maximum atomic E-state index is 13.6. The molecule has 4 bridgehead atoms. The molecule has 1 atom stereocenters. The van der Waals surface area contributed by atoms with Crippen molar-refractivity contribution >= 4 is 0 Å². The smallest absolute Gasteiger partial charge is 0.141 e. The van der Waals surface area contributed by atoms with E-state index in [1.54, 1.807) is 6.07 Å². The van der Waals surface area contributed by atoms with E-state index in [9.17, 15) is 4.39 Å². The minimum atomic E-state index is -0.209. The minimum absolute atomic E-state index is 0.209. The molecule has 1 heterocycles. The van der Waals surface area contributed by atoms with Crippen LogP contribution >= 0.6 is 0 Å². The maximum absolute atomic E-state index is 13.6. The average molecular weight is 288 g/mol. The molecule has 4 aliphatic carbocycles. The Morgan fingerprint density at radius 2 is 1.81 bits per heavy atom. The highest BCUT2D eigenvalue weighted by Crippen LogP contribution is 2.59. The highest BCUT2D eigenvalue weighted by Gasteiger charge is 2.50. The Morgan fingerprint density at radius 3 is 2.38 bits per heavy atom. The van der Waals surface area contributed by atoms with Crippen molar-refractivity contribution in [1.82, 2.24) is 10.3 Å². The van der Waals surface area contributed by atoms with E-state index in [1.165, 1.54) is 38.3 Å². The van der Waals surface area contributed by atoms with E-state index in [4.69, 9.17) is 0 Å². The summed E-state index contributed by atoms with van der Waals surface area (Å²) < 4.78 is 13.6. The fourth-order valence-corrected chi connectivity index (χ4v) is 5.81. The Hall–Kier alpha value is -0.960. The average Bonchev–Trinajstić information content (AvgIpc) is 2.45. The summed E-state index contributed by atoms with van der Waals surface area (Å²) >= 11 is 0. The van der Waals surface area contributed by atoms with Crippen LogP contribution < -0.4 is 5.32 Å². The van der Waals surface area contributed by atoms with E-state index < -0.39 is 0 Å². The Labute approximate surface area is 126 Å². The molecule has 4 saturated carbocycles. The lowest BCUT2D eigenvalue weighted by Gasteiger charge is -2.56. The van der Waals surface area contributed by atoms with Gasteiger partial charge in [-0.1, -0.05) is 6.92 Å². The van der Waals surface area contributed by atoms with Gasteiger partial charge in [0.2, 0.25) is 0 Å². The summed E-state index contributed by atoms with van der Waals surface area (Å²) in [5.41, 5.74) is 1.05. The number of rotatable bonds is 4. The standard InChI is InChI=1S/C18H25FN2/c1-2-21-18(15-8-16(19)10-20-9-15)17-13-4-11-3-12(6-13)7-14(17)5-11/h8-14,17-18,21H,2-7H2,1H3. The minimum Gasteiger partial charge on any atom is -0.310 e. The Morgan fingerprint density at radius 1 is 1.14 bits per heavy atom. The van der Waals surface area contributed by atoms with Gasteiger partial charge in [-0.3, -0.25) is 4.98 Å². The Bertz CT molecular complexity index is 488. The van der Waals surface area contributed by atoms with E-state index in [1.807, 2.05) is 6.20 Å². The van der Waals surface area contributed by atoms with Crippen LogP contribution in [0.2, 0.25) is 0 Å². The van der Waals surface area contributed by atoms with Crippen LogP contribution in [0.15, 0.2) is 18.5 Å². The molecule has 0 aliphatic heterocycles. The van der Waals surface area contributed by atoms with Gasteiger partial charge in [-0.15, -0.1) is 0 Å². The lowest BCUT2D eigenvalue weighted by molar-refractivity contribution is -0.0523. The number of aromatic nitrogens is 1. The van der Waals surface area contributed by atoms with E-state index in [2.05, 4.69) is 17.2 Å². The molecular formula is C18H25FN2. The number of pyridine rings is 1. The Kier molecular flexibility index (Phi) is 3.49. The molecule has 4 aliphatic rings. The van der Waals surface area contributed by atoms with E-state index >= 15 is 0 Å². The van der Waals surface area contributed by atoms with Crippen LogP contribution in [0, 0.1) is 35.4 Å². The van der Waals surface area contributed by atoms with Crippen LogP contribution in [0.25, 0.3) is 0 Å². The van der Waals surface area contributed by atoms with Gasteiger partial charge in [-0.2, -0.15) is 0 Å². The van der Waals surface area contributed by atoms with Gasteiger partial charge >= 0.3 is 0 Å². The van der Waals surface area contributed by atoms with Crippen molar-refractivity contribution in [2.75, 3.05) is 6.54 Å². The monoisotopic (exact) mass is 288 g/mol. The molecule has 0 aromatic carbocycles. The third-order valence-corrected chi connectivity index (χ3v) is 6.19. The molecule has 4 fully saturated rings. The van der Waals surface area contributed by atoms with Crippen LogP contribution in [0.5, 0.6) is 0 Å². The van der Waals surface area contributed by atoms with Crippen molar-refractivity contribution < 1.29 is 4.39 Å². The molecule has 0 amide bonds. The zero-order valence-electron chi connectivity index (χ0n) is 12.8. The third-order valence-electron chi connectivity index (χ3n) is 6.19. The molecule has 0 radical (unpaired) electrons. The summed E-state index contributed by atoms with van der Waals surface area (Å²) in [6.07, 6.45) is 10.3. The zero-order valence-corrected chi connectivity index (χ0v) is 12.8. The highest BCUT2D eigenvalue weighted by molar-refractivity contribution is 5.18. The van der Waals surface area contributed by atoms with Gasteiger partial charge in [0.1, 0.15) is 5.82 Å². The summed E-state index contributed by atoms with van der Waals surface area (Å²) in [7, 11) is 0. The number of halogens is 1. The van der Waals surface area contributed by atoms with Crippen LogP contribution in [0.4, 0.5) is 4.39 Å². The van der Waals surface area contributed by atoms with Crippen molar-refractivity contribution in [3.63, 3.8) is 0 Å². The zero-order chi connectivity index (χ0) is 14.4. The normalized spacial score (nSPS) is 38.7. The number of nitrogens with one attached hydrogen (secondary N) is 1. The molecule has 114 valence electrons. The van der Waals surface area contributed by atoms with Crippen LogP contribution in [0.1, 0.15) is 50.6 Å². The lowest BCUT2D eigenvalue weighted by Crippen LogP contribution is -2.49. The second-order valence-corrected chi connectivity index (χ2v) is 7.48. The molecule has 0 saturated heterocycles. The fourth-order valence-electron chi connectivity index (χ4n) is 5.81. The predicted octanol–water partition coefficient (Wildman–Crippen LogP) is 3.94. The first-order valence-electron chi connectivity index (χ1n) is 8.58. The first-order chi connectivity index (χ1) is 10.2. The van der Waals surface area contributed by atoms with Crippen LogP contribution in [0.3, 0.4) is 0 Å². The van der Waals surface area contributed by atoms with Crippen molar-refractivity contribution in [3.8, 4) is 0 Å². The quantitative estimate of drug-likeness (QED) is 0.907. The third kappa shape index (κ3) is 2.40. The van der Waals surface area contributed by atoms with Crippen molar-refractivity contribution in [3.05, 3.63) is 29.8 Å². The van der Waals surface area contributed by atoms with Crippen molar-refractivity contribution in [2.24, 2.45) is 29.6 Å². The van der Waals surface area contributed by atoms with Gasteiger partial charge < -0.3 is 5.32 Å². The summed E-state index contributed by atoms with van der Waals surface area (Å²) in [4.78, 5) is 4.08. The molecular weight excluding hydrogens is 263 g/mol. The van der Waals surface area contributed by atoms with E-state index in [0.29, 0.717) is 5.92 Å². The van der Waals surface area contributed by atoms with Gasteiger partial charge in [0.25, 0.3) is 0 Å². The maximum Gasteiger partial charge on any atom is 0.141 e. The second-order valence-electron chi connectivity index (χ2n) is 7.48. The summed E-state index contributed by atoms with van der Waals surface area (Å²) in [6.45, 7) is 3.08. The topological polar surface area (TPSA) is 24.9 Å². The molecule has 1 unspecified atom stereocenters. The van der Waals surface area contributed by atoms with Gasteiger partial charge in [0, 0.05) is 12.2 Å². The molecule has 3 heteroatoms. The lowest BCUT2D eigenvalue weighted by atomic mass is 9.50. The molecule has 0 spiro atoms. The van der Waals surface area contributed by atoms with Crippen LogP contribution in [-0.2, 0) is 0 Å². The summed E-state index contributed by atoms with van der Waals surface area (Å²) in [5.74, 6) is 4.12. The number of nitrogens with zero attached hydrogens (tertiary/aromatic N) is 1.